The topological polar surface area (TPSA) is 70.2 Å². The summed E-state index contributed by atoms with van der Waals surface area (Å²) in [6.07, 6.45) is 2.47. The lowest BCUT2D eigenvalue weighted by atomic mass is 9.84. The maximum atomic E-state index is 12.8. The number of hydrogen-bond donors (Lipinski definition) is 0. The van der Waals surface area contributed by atoms with Gasteiger partial charge in [-0.15, -0.1) is 0 Å². The van der Waals surface area contributed by atoms with Crippen molar-refractivity contribution in [1.82, 2.24) is 13.5 Å². The van der Waals surface area contributed by atoms with Crippen molar-refractivity contribution in [2.75, 3.05) is 40.3 Å². The molecule has 9 heteroatoms. The van der Waals surface area contributed by atoms with E-state index in [0.29, 0.717) is 36.8 Å². The Bertz CT molecular complexity index is 830. The van der Waals surface area contributed by atoms with E-state index in [9.17, 15) is 13.2 Å². The number of nitrogens with zero attached hydrogens (tertiary/aromatic N) is 3. The van der Waals surface area contributed by atoms with E-state index >= 15 is 0 Å². The molecule has 0 aliphatic carbocycles. The molecular weight excluding hydrogens is 402 g/mol. The van der Waals surface area contributed by atoms with Gasteiger partial charge < -0.3 is 9.64 Å². The minimum atomic E-state index is -3.42. The van der Waals surface area contributed by atoms with E-state index in [1.807, 2.05) is 11.8 Å². The average molecular weight is 430 g/mol. The predicted molar refractivity (Wildman–Crippen MR) is 109 cm³/mol. The number of fused-ring (bicyclic) bond motifs is 1. The number of carbonyl (C=O) groups excluding carboxylic acids is 1. The third-order valence-corrected chi connectivity index (χ3v) is 7.77. The van der Waals surface area contributed by atoms with E-state index in [1.165, 1.54) is 8.61 Å². The Kier molecular flexibility index (Phi) is 6.54. The highest BCUT2D eigenvalue weighted by atomic mass is 35.5. The maximum absolute atomic E-state index is 12.8. The second-order valence-corrected chi connectivity index (χ2v) is 10.3. The van der Waals surface area contributed by atoms with Crippen LogP contribution in [0.15, 0.2) is 18.2 Å². The van der Waals surface area contributed by atoms with Gasteiger partial charge in [0.15, 0.2) is 6.61 Å². The summed E-state index contributed by atoms with van der Waals surface area (Å²) >= 11 is 5.96. The van der Waals surface area contributed by atoms with Crippen LogP contribution in [0.3, 0.4) is 0 Å². The van der Waals surface area contributed by atoms with Crippen molar-refractivity contribution in [2.24, 2.45) is 5.92 Å². The molecule has 28 heavy (non-hydrogen) atoms. The highest BCUT2D eigenvalue weighted by Crippen LogP contribution is 2.32. The third kappa shape index (κ3) is 4.45. The SMILES string of the molecule is Cc1cc(Cl)ccc1OCC(=O)N1CCC[C@@H]2CN(S(=O)(=O)N(C)C)CC[C@@H]21. The molecule has 2 atom stereocenters. The van der Waals surface area contributed by atoms with Gasteiger partial charge in [-0.25, -0.2) is 0 Å². The quantitative estimate of drug-likeness (QED) is 0.719. The number of hydrogen-bond acceptors (Lipinski definition) is 4. The van der Waals surface area contributed by atoms with Crippen LogP contribution in [0.5, 0.6) is 5.75 Å². The van der Waals surface area contributed by atoms with Gasteiger partial charge >= 0.3 is 0 Å². The molecular formula is C19H28ClN3O4S. The number of benzene rings is 1. The van der Waals surface area contributed by atoms with Crippen LogP contribution in [0, 0.1) is 12.8 Å². The molecule has 2 fully saturated rings. The number of rotatable bonds is 5. The summed E-state index contributed by atoms with van der Waals surface area (Å²) in [4.78, 5) is 14.7. The van der Waals surface area contributed by atoms with Gasteiger partial charge in [-0.3, -0.25) is 4.79 Å². The van der Waals surface area contributed by atoms with Crippen LogP contribution in [0.1, 0.15) is 24.8 Å². The van der Waals surface area contributed by atoms with Gasteiger partial charge in [-0.1, -0.05) is 11.6 Å². The lowest BCUT2D eigenvalue weighted by Gasteiger charge is -2.47. The Balaban J connectivity index is 1.63. The van der Waals surface area contributed by atoms with E-state index in [2.05, 4.69) is 0 Å². The smallest absolute Gasteiger partial charge is 0.281 e. The maximum Gasteiger partial charge on any atom is 0.281 e. The first-order valence-corrected chi connectivity index (χ1v) is 11.3. The van der Waals surface area contributed by atoms with Crippen LogP contribution in [-0.4, -0.2) is 74.2 Å². The van der Waals surface area contributed by atoms with Crippen molar-refractivity contribution < 1.29 is 17.9 Å². The van der Waals surface area contributed by atoms with E-state index < -0.39 is 10.2 Å². The first kappa shape index (κ1) is 21.4. The van der Waals surface area contributed by atoms with Crippen LogP contribution in [0.2, 0.25) is 5.02 Å². The van der Waals surface area contributed by atoms with Gasteiger partial charge in [0.25, 0.3) is 16.1 Å². The molecule has 156 valence electrons. The molecule has 2 aliphatic heterocycles. The largest absolute Gasteiger partial charge is 0.483 e. The fourth-order valence-corrected chi connectivity index (χ4v) is 5.52. The minimum Gasteiger partial charge on any atom is -0.483 e. The van der Waals surface area contributed by atoms with Gasteiger partial charge in [-0.05, 0) is 55.9 Å². The standard InChI is InChI=1S/C19H28ClN3O4S/c1-14-11-16(20)6-7-18(14)27-13-19(24)23-9-4-5-15-12-22(10-8-17(15)23)28(25,26)21(2)3/h6-7,11,15,17H,4-5,8-10,12-13H2,1-3H3/t15-,17+/m1/s1. The van der Waals surface area contributed by atoms with Crippen LogP contribution >= 0.6 is 11.6 Å². The minimum absolute atomic E-state index is 0.0224. The first-order valence-electron chi connectivity index (χ1n) is 9.56. The molecule has 2 saturated heterocycles. The molecule has 1 aromatic carbocycles. The normalized spacial score (nSPS) is 23.5. The van der Waals surface area contributed by atoms with Crippen molar-refractivity contribution in [3.05, 3.63) is 28.8 Å². The molecule has 1 amide bonds. The van der Waals surface area contributed by atoms with Crippen molar-refractivity contribution in [2.45, 2.75) is 32.2 Å². The molecule has 0 radical (unpaired) electrons. The fourth-order valence-electron chi connectivity index (χ4n) is 4.12. The lowest BCUT2D eigenvalue weighted by Crippen LogP contribution is -2.58. The Hall–Kier alpha value is -1.35. The molecule has 0 spiro atoms. The zero-order valence-corrected chi connectivity index (χ0v) is 18.2. The Morgan fingerprint density at radius 3 is 2.71 bits per heavy atom. The molecule has 0 N–H and O–H groups in total. The summed E-state index contributed by atoms with van der Waals surface area (Å²) in [6, 6.07) is 5.39. The van der Waals surface area contributed by atoms with Gasteiger partial charge in [0.2, 0.25) is 0 Å². The molecule has 0 bridgehead atoms. The number of aryl methyl sites for hydroxylation is 1. The highest BCUT2D eigenvalue weighted by molar-refractivity contribution is 7.86. The lowest BCUT2D eigenvalue weighted by molar-refractivity contribution is -0.140. The molecule has 0 saturated carbocycles. The fraction of sp³-hybridized carbons (Fsp3) is 0.632. The predicted octanol–water partition coefficient (Wildman–Crippen LogP) is 2.15. The molecule has 2 aliphatic rings. The zero-order valence-electron chi connectivity index (χ0n) is 16.6. The van der Waals surface area contributed by atoms with Crippen LogP contribution in [0.25, 0.3) is 0 Å². The summed E-state index contributed by atoms with van der Waals surface area (Å²) < 4.78 is 33.4. The third-order valence-electron chi connectivity index (χ3n) is 5.63. The number of amides is 1. The zero-order chi connectivity index (χ0) is 20.5. The van der Waals surface area contributed by atoms with Crippen molar-refractivity contribution in [3.63, 3.8) is 0 Å². The van der Waals surface area contributed by atoms with E-state index in [-0.39, 0.29) is 24.5 Å². The first-order chi connectivity index (χ1) is 13.2. The van der Waals surface area contributed by atoms with Crippen molar-refractivity contribution in [1.29, 1.82) is 0 Å². The van der Waals surface area contributed by atoms with Crippen molar-refractivity contribution in [3.8, 4) is 5.75 Å². The molecule has 0 aromatic heterocycles. The Morgan fingerprint density at radius 2 is 2.04 bits per heavy atom. The molecule has 7 nitrogen and oxygen atoms in total. The number of ether oxygens (including phenoxy) is 1. The summed E-state index contributed by atoms with van der Waals surface area (Å²) in [5.74, 6) is 0.768. The Labute approximate surface area is 172 Å². The molecule has 0 unspecified atom stereocenters. The van der Waals surface area contributed by atoms with Gasteiger partial charge in [0.05, 0.1) is 0 Å². The van der Waals surface area contributed by atoms with E-state index in [1.54, 1.807) is 32.3 Å². The summed E-state index contributed by atoms with van der Waals surface area (Å²) in [5, 5.41) is 0.634. The Morgan fingerprint density at radius 1 is 1.29 bits per heavy atom. The highest BCUT2D eigenvalue weighted by Gasteiger charge is 2.41. The van der Waals surface area contributed by atoms with Crippen LogP contribution in [0.4, 0.5) is 0 Å². The molecule has 3 rings (SSSR count). The van der Waals surface area contributed by atoms with Crippen LogP contribution < -0.4 is 4.74 Å². The van der Waals surface area contributed by atoms with Gasteiger partial charge in [0.1, 0.15) is 5.75 Å². The molecule has 1 aromatic rings. The van der Waals surface area contributed by atoms with Crippen molar-refractivity contribution >= 4 is 27.7 Å². The van der Waals surface area contributed by atoms with E-state index in [4.69, 9.17) is 16.3 Å². The average Bonchev–Trinajstić information content (AvgIpc) is 2.66. The van der Waals surface area contributed by atoms with E-state index in [0.717, 1.165) is 18.4 Å². The second-order valence-electron chi connectivity index (χ2n) is 7.69. The second kappa shape index (κ2) is 8.57. The van der Waals surface area contributed by atoms with Gasteiger partial charge in [0, 0.05) is 44.8 Å². The summed E-state index contributed by atoms with van der Waals surface area (Å²) in [7, 11) is -0.315. The number of carbonyl (C=O) groups is 1. The number of halogens is 1. The van der Waals surface area contributed by atoms with Crippen LogP contribution in [-0.2, 0) is 15.0 Å². The van der Waals surface area contributed by atoms with Gasteiger partial charge in [-0.2, -0.15) is 17.0 Å². The summed E-state index contributed by atoms with van der Waals surface area (Å²) in [5.41, 5.74) is 0.888. The number of likely N-dealkylation sites (tertiary alicyclic amines) is 1. The summed E-state index contributed by atoms with van der Waals surface area (Å²) in [6.45, 7) is 3.47. The monoisotopic (exact) mass is 429 g/mol. The number of piperidine rings is 2. The molecule has 2 heterocycles.